The number of nitrogens with zero attached hydrogens (tertiary/aromatic N) is 1. The van der Waals surface area contributed by atoms with Crippen LogP contribution in [0.4, 0.5) is 0 Å². The minimum atomic E-state index is 0. The molecule has 2 atom stereocenters. The van der Waals surface area contributed by atoms with Crippen LogP contribution in [0.3, 0.4) is 0 Å². The molecule has 4 heteroatoms. The molecule has 4 rings (SSSR count). The van der Waals surface area contributed by atoms with Gasteiger partial charge in [-0.05, 0) is 19.3 Å². The Kier molecular flexibility index (Phi) is 2.24. The molecule has 4 fully saturated rings. The van der Waals surface area contributed by atoms with Gasteiger partial charge in [0.05, 0.1) is 0 Å². The van der Waals surface area contributed by atoms with E-state index in [-0.39, 0.29) is 12.4 Å². The molecule has 3 nitrogen and oxygen atoms in total. The van der Waals surface area contributed by atoms with Crippen LogP contribution in [-0.4, -0.2) is 36.0 Å². The normalized spacial score (nSPS) is 36.2. The number of hydrogen-bond acceptors (Lipinski definition) is 2. The second-order valence-electron chi connectivity index (χ2n) is 4.31. The van der Waals surface area contributed by atoms with Crippen LogP contribution in [0.1, 0.15) is 19.3 Å². The molecule has 1 N–H and O–H groups in total. The fourth-order valence-corrected chi connectivity index (χ4v) is 2.28. The smallest absolute Gasteiger partial charge is 0.225 e. The highest BCUT2D eigenvalue weighted by molar-refractivity contribution is 5.85. The monoisotopic (exact) mass is 202 g/mol. The van der Waals surface area contributed by atoms with Gasteiger partial charge in [-0.15, -0.1) is 12.4 Å². The number of hydrogen-bond donors (Lipinski definition) is 1. The van der Waals surface area contributed by atoms with Crippen molar-refractivity contribution >= 4 is 18.3 Å². The van der Waals surface area contributed by atoms with E-state index in [9.17, 15) is 4.79 Å². The summed E-state index contributed by atoms with van der Waals surface area (Å²) >= 11 is 0. The first-order valence-electron chi connectivity index (χ1n) is 4.88. The first-order chi connectivity index (χ1) is 5.83. The van der Waals surface area contributed by atoms with Crippen molar-refractivity contribution in [2.45, 2.75) is 31.3 Å². The summed E-state index contributed by atoms with van der Waals surface area (Å²) in [6.07, 6.45) is 3.56. The Hall–Kier alpha value is -0.280. The molecule has 3 aliphatic heterocycles. The van der Waals surface area contributed by atoms with Crippen molar-refractivity contribution in [1.82, 2.24) is 10.2 Å². The Morgan fingerprint density at radius 3 is 2.23 bits per heavy atom. The van der Waals surface area contributed by atoms with Crippen LogP contribution in [0.15, 0.2) is 0 Å². The number of amides is 1. The molecule has 1 aliphatic carbocycles. The van der Waals surface area contributed by atoms with Crippen molar-refractivity contribution in [2.24, 2.45) is 5.92 Å². The van der Waals surface area contributed by atoms with Crippen LogP contribution < -0.4 is 5.32 Å². The van der Waals surface area contributed by atoms with Gasteiger partial charge in [-0.3, -0.25) is 4.79 Å². The zero-order chi connectivity index (χ0) is 8.13. The molecule has 2 bridgehead atoms. The molecule has 4 aliphatic rings. The maximum absolute atomic E-state index is 11.6. The Morgan fingerprint density at radius 2 is 1.77 bits per heavy atom. The molecule has 0 aromatic rings. The predicted octanol–water partition coefficient (Wildman–Crippen LogP) is 0.391. The molecule has 3 saturated heterocycles. The molecule has 2 unspecified atom stereocenters. The summed E-state index contributed by atoms with van der Waals surface area (Å²) in [7, 11) is 0. The van der Waals surface area contributed by atoms with E-state index in [0.717, 1.165) is 25.9 Å². The minimum Gasteiger partial charge on any atom is -0.339 e. The molecule has 0 spiro atoms. The van der Waals surface area contributed by atoms with E-state index in [1.807, 2.05) is 0 Å². The molecular weight excluding hydrogens is 188 g/mol. The van der Waals surface area contributed by atoms with Crippen LogP contribution in [0.25, 0.3) is 0 Å². The van der Waals surface area contributed by atoms with Crippen LogP contribution in [0.5, 0.6) is 0 Å². The number of halogens is 1. The first-order valence-corrected chi connectivity index (χ1v) is 4.88. The first kappa shape index (κ1) is 9.28. The lowest BCUT2D eigenvalue weighted by molar-refractivity contribution is -0.136. The summed E-state index contributed by atoms with van der Waals surface area (Å²) in [6.45, 7) is 1.93. The second-order valence-corrected chi connectivity index (χ2v) is 4.31. The maximum atomic E-state index is 11.6. The summed E-state index contributed by atoms with van der Waals surface area (Å²) in [4.78, 5) is 13.7. The van der Waals surface area contributed by atoms with Gasteiger partial charge in [-0.25, -0.2) is 0 Å². The summed E-state index contributed by atoms with van der Waals surface area (Å²) in [5.41, 5.74) is 0. The van der Waals surface area contributed by atoms with Gasteiger partial charge in [0.15, 0.2) is 0 Å². The molecule has 0 aromatic carbocycles. The predicted molar refractivity (Wildman–Crippen MR) is 51.9 cm³/mol. The highest BCUT2D eigenvalue weighted by Gasteiger charge is 2.42. The fourth-order valence-electron chi connectivity index (χ4n) is 2.28. The highest BCUT2D eigenvalue weighted by atomic mass is 35.5. The molecule has 1 amide bonds. The summed E-state index contributed by atoms with van der Waals surface area (Å²) in [5.74, 6) is 0.827. The van der Waals surface area contributed by atoms with E-state index in [0.29, 0.717) is 23.9 Å². The van der Waals surface area contributed by atoms with Crippen molar-refractivity contribution in [3.05, 3.63) is 0 Å². The van der Waals surface area contributed by atoms with Crippen LogP contribution in [-0.2, 0) is 4.79 Å². The summed E-state index contributed by atoms with van der Waals surface area (Å²) in [5, 5.41) is 3.43. The largest absolute Gasteiger partial charge is 0.339 e. The van der Waals surface area contributed by atoms with Crippen molar-refractivity contribution in [2.75, 3.05) is 13.1 Å². The van der Waals surface area contributed by atoms with E-state index in [1.54, 1.807) is 0 Å². The quantitative estimate of drug-likeness (QED) is 0.668. The van der Waals surface area contributed by atoms with Crippen LogP contribution in [0.2, 0.25) is 0 Å². The van der Waals surface area contributed by atoms with E-state index in [4.69, 9.17) is 0 Å². The van der Waals surface area contributed by atoms with E-state index in [1.165, 1.54) is 6.42 Å². The Balaban J connectivity index is 0.000000653. The average Bonchev–Trinajstić information content (AvgIpc) is 2.84. The number of carbonyl (C=O) groups excluding carboxylic acids is 1. The number of piperazine rings is 1. The van der Waals surface area contributed by atoms with Gasteiger partial charge < -0.3 is 10.2 Å². The topological polar surface area (TPSA) is 32.3 Å². The molecular formula is C9H15ClN2O. The number of carbonyl (C=O) groups is 1. The van der Waals surface area contributed by atoms with Crippen LogP contribution in [0, 0.1) is 5.92 Å². The minimum absolute atomic E-state index is 0. The number of fused-ring (bicyclic) bond motifs is 2. The maximum Gasteiger partial charge on any atom is 0.225 e. The zero-order valence-corrected chi connectivity index (χ0v) is 8.35. The molecule has 0 radical (unpaired) electrons. The molecule has 1 saturated carbocycles. The molecule has 3 heterocycles. The third-order valence-corrected chi connectivity index (χ3v) is 3.16. The number of rotatable bonds is 1. The second kappa shape index (κ2) is 3.14. The van der Waals surface area contributed by atoms with E-state index < -0.39 is 0 Å². The summed E-state index contributed by atoms with van der Waals surface area (Å²) in [6, 6.07) is 1.23. The SMILES string of the molecule is Cl.O=C(C1CC1)N1CC2CC(C1)N2. The lowest BCUT2D eigenvalue weighted by atomic mass is 9.91. The fraction of sp³-hybridized carbons (Fsp3) is 0.889. The van der Waals surface area contributed by atoms with Gasteiger partial charge in [0.2, 0.25) is 5.91 Å². The van der Waals surface area contributed by atoms with E-state index >= 15 is 0 Å². The highest BCUT2D eigenvalue weighted by Crippen LogP contribution is 2.33. The Bertz CT molecular complexity index is 214. The van der Waals surface area contributed by atoms with Gasteiger partial charge in [0.25, 0.3) is 0 Å². The van der Waals surface area contributed by atoms with Crippen molar-refractivity contribution in [3.63, 3.8) is 0 Å². The van der Waals surface area contributed by atoms with Crippen molar-refractivity contribution in [1.29, 1.82) is 0 Å². The molecule has 13 heavy (non-hydrogen) atoms. The van der Waals surface area contributed by atoms with E-state index in [2.05, 4.69) is 10.2 Å². The summed E-state index contributed by atoms with van der Waals surface area (Å²) < 4.78 is 0. The third-order valence-electron chi connectivity index (χ3n) is 3.16. The standard InChI is InChI=1S/C9H14N2O.ClH/c12-9(6-1-2-6)11-4-7-3-8(5-11)10-7;/h6-8,10H,1-5H2;1H. The third kappa shape index (κ3) is 1.55. The lowest BCUT2D eigenvalue weighted by Crippen LogP contribution is -2.67. The van der Waals surface area contributed by atoms with Crippen molar-refractivity contribution < 1.29 is 4.79 Å². The number of nitrogens with one attached hydrogen (secondary N) is 1. The Morgan fingerprint density at radius 1 is 1.23 bits per heavy atom. The van der Waals surface area contributed by atoms with Gasteiger partial charge in [0, 0.05) is 31.1 Å². The van der Waals surface area contributed by atoms with Gasteiger partial charge in [-0.2, -0.15) is 0 Å². The van der Waals surface area contributed by atoms with Crippen LogP contribution >= 0.6 is 12.4 Å². The van der Waals surface area contributed by atoms with Gasteiger partial charge in [-0.1, -0.05) is 0 Å². The Labute approximate surface area is 84.3 Å². The van der Waals surface area contributed by atoms with Crippen molar-refractivity contribution in [3.8, 4) is 0 Å². The van der Waals surface area contributed by atoms with Gasteiger partial charge in [0.1, 0.15) is 0 Å². The molecule has 74 valence electrons. The average molecular weight is 203 g/mol. The number of piperidine rings is 1. The lowest BCUT2D eigenvalue weighted by Gasteiger charge is -2.48. The van der Waals surface area contributed by atoms with Gasteiger partial charge >= 0.3 is 0 Å². The molecule has 0 aromatic heterocycles. The zero-order valence-electron chi connectivity index (χ0n) is 7.53.